The average molecular weight is 198 g/mol. The molecule has 0 spiro atoms. The Morgan fingerprint density at radius 3 is 3.08 bits per heavy atom. The molecule has 0 heterocycles. The quantitative estimate of drug-likeness (QED) is 0.631. The van der Waals surface area contributed by atoms with E-state index in [2.05, 4.69) is 13.0 Å². The van der Waals surface area contributed by atoms with E-state index in [1.807, 2.05) is 11.8 Å². The molecule has 0 atom stereocenters. The van der Waals surface area contributed by atoms with E-state index in [-0.39, 0.29) is 0 Å². The minimum absolute atomic E-state index is 0.384. The molecule has 1 nitrogen and oxygen atoms in total. The van der Waals surface area contributed by atoms with Crippen molar-refractivity contribution in [3.63, 3.8) is 0 Å². The van der Waals surface area contributed by atoms with Gasteiger partial charge in [-0.1, -0.05) is 19.4 Å². The second-order valence-electron chi connectivity index (χ2n) is 3.45. The van der Waals surface area contributed by atoms with Crippen LogP contribution in [-0.4, -0.2) is 17.3 Å². The summed E-state index contributed by atoms with van der Waals surface area (Å²) in [6.07, 6.45) is 7.59. The minimum Gasteiger partial charge on any atom is -0.295 e. The number of carbonyl (C=O) groups excluding carboxylic acids is 1. The summed E-state index contributed by atoms with van der Waals surface area (Å²) in [7, 11) is 0. The van der Waals surface area contributed by atoms with Gasteiger partial charge in [0.15, 0.2) is 5.78 Å². The molecule has 0 aliphatic heterocycles. The van der Waals surface area contributed by atoms with Crippen molar-refractivity contribution in [1.82, 2.24) is 0 Å². The first-order chi connectivity index (χ1) is 6.34. The van der Waals surface area contributed by atoms with Crippen molar-refractivity contribution >= 4 is 17.5 Å². The first-order valence-electron chi connectivity index (χ1n) is 5.14. The largest absolute Gasteiger partial charge is 0.295 e. The summed E-state index contributed by atoms with van der Waals surface area (Å²) < 4.78 is 0. The zero-order valence-electron chi connectivity index (χ0n) is 8.34. The highest BCUT2D eigenvalue weighted by atomic mass is 32.2. The van der Waals surface area contributed by atoms with Gasteiger partial charge in [-0.25, -0.2) is 0 Å². The van der Waals surface area contributed by atoms with Crippen LogP contribution in [0.1, 0.15) is 39.0 Å². The highest BCUT2D eigenvalue weighted by molar-refractivity contribution is 7.99. The third kappa shape index (κ3) is 3.99. The van der Waals surface area contributed by atoms with E-state index in [0.717, 1.165) is 30.6 Å². The van der Waals surface area contributed by atoms with E-state index in [0.29, 0.717) is 5.78 Å². The zero-order chi connectivity index (χ0) is 9.52. The Morgan fingerprint density at radius 2 is 2.38 bits per heavy atom. The third-order valence-electron chi connectivity index (χ3n) is 2.26. The predicted molar refractivity (Wildman–Crippen MR) is 59.2 cm³/mol. The summed E-state index contributed by atoms with van der Waals surface area (Å²) in [6.45, 7) is 2.20. The molecular weight excluding hydrogens is 180 g/mol. The monoisotopic (exact) mass is 198 g/mol. The molecule has 0 bridgehead atoms. The van der Waals surface area contributed by atoms with Gasteiger partial charge in [0.2, 0.25) is 0 Å². The maximum Gasteiger partial charge on any atom is 0.159 e. The lowest BCUT2D eigenvalue weighted by Gasteiger charge is -2.10. The maximum absolute atomic E-state index is 11.4. The Hall–Kier alpha value is -0.240. The lowest BCUT2D eigenvalue weighted by atomic mass is 10.00. The van der Waals surface area contributed by atoms with E-state index in [9.17, 15) is 4.79 Å². The smallest absolute Gasteiger partial charge is 0.159 e. The van der Waals surface area contributed by atoms with Gasteiger partial charge in [0.05, 0.1) is 0 Å². The molecule has 0 N–H and O–H groups in total. The van der Waals surface area contributed by atoms with Crippen LogP contribution in [0.2, 0.25) is 0 Å². The molecule has 0 radical (unpaired) electrons. The molecule has 0 aromatic carbocycles. The second-order valence-corrected chi connectivity index (χ2v) is 4.56. The van der Waals surface area contributed by atoms with E-state index in [1.54, 1.807) is 0 Å². The van der Waals surface area contributed by atoms with Crippen LogP contribution in [0.5, 0.6) is 0 Å². The standard InChI is InChI=1S/C11H18OS/c1-2-3-8-13-9-10-6-4-5-7-11(10)12/h6H,2-5,7-9H2,1H3. The number of allylic oxidation sites excluding steroid dienone is 1. The summed E-state index contributed by atoms with van der Waals surface area (Å²) in [6, 6.07) is 0. The van der Waals surface area contributed by atoms with Crippen molar-refractivity contribution in [1.29, 1.82) is 0 Å². The summed E-state index contributed by atoms with van der Waals surface area (Å²) in [5.74, 6) is 2.52. The number of rotatable bonds is 5. The summed E-state index contributed by atoms with van der Waals surface area (Å²) in [5.41, 5.74) is 1.08. The van der Waals surface area contributed by atoms with Crippen LogP contribution in [0.4, 0.5) is 0 Å². The fourth-order valence-corrected chi connectivity index (χ4v) is 2.52. The Morgan fingerprint density at radius 1 is 1.54 bits per heavy atom. The molecule has 1 rings (SSSR count). The van der Waals surface area contributed by atoms with Crippen LogP contribution >= 0.6 is 11.8 Å². The van der Waals surface area contributed by atoms with E-state index >= 15 is 0 Å². The van der Waals surface area contributed by atoms with Gasteiger partial charge < -0.3 is 0 Å². The summed E-state index contributed by atoms with van der Waals surface area (Å²) in [5, 5.41) is 0. The SMILES string of the molecule is CCCCSCC1=CCCCC1=O. The molecule has 0 saturated carbocycles. The number of unbranched alkanes of at least 4 members (excludes halogenated alkanes) is 1. The van der Waals surface area contributed by atoms with Gasteiger partial charge >= 0.3 is 0 Å². The Balaban J connectivity index is 2.19. The predicted octanol–water partition coefficient (Wildman–Crippen LogP) is 3.20. The molecular formula is C11H18OS. The van der Waals surface area contributed by atoms with E-state index in [1.165, 1.54) is 18.6 Å². The zero-order valence-corrected chi connectivity index (χ0v) is 9.16. The van der Waals surface area contributed by atoms with Crippen molar-refractivity contribution in [2.24, 2.45) is 0 Å². The number of thioether (sulfide) groups is 1. The Bertz CT molecular complexity index is 196. The van der Waals surface area contributed by atoms with E-state index in [4.69, 9.17) is 0 Å². The van der Waals surface area contributed by atoms with Crippen molar-refractivity contribution < 1.29 is 4.79 Å². The molecule has 0 unspecified atom stereocenters. The van der Waals surface area contributed by atoms with Crippen molar-refractivity contribution in [2.75, 3.05) is 11.5 Å². The normalized spacial score (nSPS) is 17.3. The summed E-state index contributed by atoms with van der Waals surface area (Å²) >= 11 is 1.90. The van der Waals surface area contributed by atoms with Gasteiger partial charge in [-0.3, -0.25) is 4.79 Å². The number of Topliss-reactive ketones (excluding diaryl/α,β-unsaturated/α-hetero) is 1. The molecule has 0 amide bonds. The third-order valence-corrected chi connectivity index (χ3v) is 3.35. The lowest BCUT2D eigenvalue weighted by molar-refractivity contribution is -0.115. The summed E-state index contributed by atoms with van der Waals surface area (Å²) in [4.78, 5) is 11.4. The highest BCUT2D eigenvalue weighted by Gasteiger charge is 2.12. The number of carbonyl (C=O) groups is 1. The molecule has 1 aliphatic carbocycles. The van der Waals surface area contributed by atoms with Gasteiger partial charge in [-0.15, -0.1) is 0 Å². The van der Waals surface area contributed by atoms with E-state index < -0.39 is 0 Å². The van der Waals surface area contributed by atoms with Crippen LogP contribution in [0.15, 0.2) is 11.6 Å². The van der Waals surface area contributed by atoms with Gasteiger partial charge in [-0.05, 0) is 25.0 Å². The minimum atomic E-state index is 0.384. The molecule has 74 valence electrons. The van der Waals surface area contributed by atoms with Crippen molar-refractivity contribution in [3.05, 3.63) is 11.6 Å². The first kappa shape index (κ1) is 10.8. The topological polar surface area (TPSA) is 17.1 Å². The van der Waals surface area contributed by atoms with Crippen LogP contribution in [0, 0.1) is 0 Å². The van der Waals surface area contributed by atoms with Gasteiger partial charge in [-0.2, -0.15) is 11.8 Å². The van der Waals surface area contributed by atoms with Gasteiger partial charge in [0.25, 0.3) is 0 Å². The van der Waals surface area contributed by atoms with Crippen LogP contribution in [-0.2, 0) is 4.79 Å². The molecule has 0 aromatic rings. The highest BCUT2D eigenvalue weighted by Crippen LogP contribution is 2.18. The Kier molecular flexibility index (Phi) is 5.21. The fourth-order valence-electron chi connectivity index (χ4n) is 1.38. The van der Waals surface area contributed by atoms with Crippen molar-refractivity contribution in [2.45, 2.75) is 39.0 Å². The molecule has 0 aromatic heterocycles. The molecule has 2 heteroatoms. The maximum atomic E-state index is 11.4. The van der Waals surface area contributed by atoms with Gasteiger partial charge in [0, 0.05) is 17.7 Å². The number of ketones is 1. The molecule has 1 aliphatic rings. The first-order valence-corrected chi connectivity index (χ1v) is 6.30. The van der Waals surface area contributed by atoms with Crippen LogP contribution < -0.4 is 0 Å². The van der Waals surface area contributed by atoms with Crippen molar-refractivity contribution in [3.8, 4) is 0 Å². The number of hydrogen-bond donors (Lipinski definition) is 0. The average Bonchev–Trinajstić information content (AvgIpc) is 2.15. The fraction of sp³-hybridized carbons (Fsp3) is 0.727. The molecule has 0 saturated heterocycles. The Labute approximate surface area is 85.0 Å². The number of hydrogen-bond acceptors (Lipinski definition) is 2. The second kappa shape index (κ2) is 6.25. The molecule has 0 fully saturated rings. The van der Waals surface area contributed by atoms with Gasteiger partial charge in [0.1, 0.15) is 0 Å². The van der Waals surface area contributed by atoms with Crippen LogP contribution in [0.25, 0.3) is 0 Å². The van der Waals surface area contributed by atoms with Crippen LogP contribution in [0.3, 0.4) is 0 Å². The lowest BCUT2D eigenvalue weighted by Crippen LogP contribution is -2.09. The molecule has 13 heavy (non-hydrogen) atoms.